The maximum atomic E-state index is 12.7. The highest BCUT2D eigenvalue weighted by Crippen LogP contribution is 2.10. The van der Waals surface area contributed by atoms with E-state index in [-0.39, 0.29) is 24.6 Å². The number of aryl methyl sites for hydroxylation is 1. The maximum Gasteiger partial charge on any atom is 0.285 e. The first-order valence-electron chi connectivity index (χ1n) is 9.54. The predicted octanol–water partition coefficient (Wildman–Crippen LogP) is 1.47. The van der Waals surface area contributed by atoms with Gasteiger partial charge in [-0.05, 0) is 36.8 Å². The monoisotopic (exact) mass is 415 g/mol. The number of hydrogen-bond donors (Lipinski definition) is 1. The molecule has 1 N–H and O–H groups in total. The van der Waals surface area contributed by atoms with E-state index in [0.29, 0.717) is 37.2 Å². The summed E-state index contributed by atoms with van der Waals surface area (Å²) in [5, 5.41) is 18.4. The summed E-state index contributed by atoms with van der Waals surface area (Å²) in [4.78, 5) is 39.8. The Kier molecular flexibility index (Phi) is 8.09. The van der Waals surface area contributed by atoms with Crippen LogP contribution in [-0.2, 0) is 35.5 Å². The van der Waals surface area contributed by atoms with Crippen molar-refractivity contribution < 1.29 is 9.59 Å². The molecule has 0 aliphatic heterocycles. The van der Waals surface area contributed by atoms with Gasteiger partial charge in [0.05, 0.1) is 18.8 Å². The fraction of sp³-hybridized carbons (Fsp3) is 0.450. The zero-order valence-corrected chi connectivity index (χ0v) is 17.7. The number of thiophene rings is 1. The van der Waals surface area contributed by atoms with Crippen LogP contribution >= 0.6 is 11.3 Å². The number of nitriles is 1. The molecule has 9 heteroatoms. The van der Waals surface area contributed by atoms with Gasteiger partial charge in [0.15, 0.2) is 0 Å². The van der Waals surface area contributed by atoms with Crippen molar-refractivity contribution in [1.29, 1.82) is 5.26 Å². The second kappa shape index (κ2) is 10.5. The Labute approximate surface area is 173 Å². The van der Waals surface area contributed by atoms with Crippen LogP contribution in [0.2, 0.25) is 0 Å². The van der Waals surface area contributed by atoms with E-state index in [1.54, 1.807) is 18.3 Å². The van der Waals surface area contributed by atoms with Crippen molar-refractivity contribution in [3.05, 3.63) is 49.6 Å². The van der Waals surface area contributed by atoms with Crippen molar-refractivity contribution in [3.8, 4) is 6.07 Å². The number of amides is 2. The van der Waals surface area contributed by atoms with Crippen LogP contribution in [0.5, 0.6) is 0 Å². The molecule has 0 saturated heterocycles. The van der Waals surface area contributed by atoms with Crippen molar-refractivity contribution in [1.82, 2.24) is 20.0 Å². The standard InChI is InChI=1S/C20H25N5O3S/c1-4-15-16(10-21)20(28)25(23-17(15)5-2)13-19(27)24(6-3)12-18(26)22-11-14-8-7-9-29-14/h7-9H,4-6,11-13H2,1-3H3,(H,22,26). The van der Waals surface area contributed by atoms with Gasteiger partial charge in [-0.25, -0.2) is 4.68 Å². The Bertz CT molecular complexity index is 960. The number of nitrogens with zero attached hydrogens (tertiary/aromatic N) is 4. The lowest BCUT2D eigenvalue weighted by atomic mass is 10.0. The predicted molar refractivity (Wildman–Crippen MR) is 110 cm³/mol. The average molecular weight is 416 g/mol. The van der Waals surface area contributed by atoms with E-state index in [1.165, 1.54) is 4.90 Å². The smallest absolute Gasteiger partial charge is 0.285 e. The molecular weight excluding hydrogens is 390 g/mol. The van der Waals surface area contributed by atoms with Gasteiger partial charge in [0.1, 0.15) is 18.2 Å². The Hall–Kier alpha value is -2.99. The van der Waals surface area contributed by atoms with Gasteiger partial charge in [0, 0.05) is 11.4 Å². The third-order valence-corrected chi connectivity index (χ3v) is 5.41. The maximum absolute atomic E-state index is 12.7. The summed E-state index contributed by atoms with van der Waals surface area (Å²) in [6.07, 6.45) is 1.07. The first-order chi connectivity index (χ1) is 13.9. The normalized spacial score (nSPS) is 10.4. The molecule has 0 aromatic carbocycles. The number of likely N-dealkylation sites (N-methyl/N-ethyl adjacent to an activating group) is 1. The first-order valence-corrected chi connectivity index (χ1v) is 10.4. The van der Waals surface area contributed by atoms with Crippen molar-refractivity contribution >= 4 is 23.2 Å². The van der Waals surface area contributed by atoms with Crippen molar-refractivity contribution in [2.75, 3.05) is 13.1 Å². The summed E-state index contributed by atoms with van der Waals surface area (Å²) < 4.78 is 1.03. The highest BCUT2D eigenvalue weighted by molar-refractivity contribution is 7.09. The van der Waals surface area contributed by atoms with Gasteiger partial charge in [0.2, 0.25) is 11.8 Å². The molecule has 2 aromatic heterocycles. The van der Waals surface area contributed by atoms with Gasteiger partial charge in [0.25, 0.3) is 5.56 Å². The van der Waals surface area contributed by atoms with Gasteiger partial charge >= 0.3 is 0 Å². The molecule has 0 spiro atoms. The van der Waals surface area contributed by atoms with Gasteiger partial charge in [-0.2, -0.15) is 10.4 Å². The lowest BCUT2D eigenvalue weighted by Crippen LogP contribution is -2.43. The van der Waals surface area contributed by atoms with Gasteiger partial charge in [-0.1, -0.05) is 19.9 Å². The average Bonchev–Trinajstić information content (AvgIpc) is 3.24. The van der Waals surface area contributed by atoms with Crippen LogP contribution in [0, 0.1) is 11.3 Å². The van der Waals surface area contributed by atoms with E-state index in [2.05, 4.69) is 10.4 Å². The fourth-order valence-corrected chi connectivity index (χ4v) is 3.62. The molecule has 0 fully saturated rings. The van der Waals surface area contributed by atoms with Gasteiger partial charge < -0.3 is 10.2 Å². The Balaban J connectivity index is 2.11. The van der Waals surface area contributed by atoms with Crippen LogP contribution in [0.3, 0.4) is 0 Å². The molecule has 2 amide bonds. The van der Waals surface area contributed by atoms with Gasteiger partial charge in [-0.3, -0.25) is 14.4 Å². The summed E-state index contributed by atoms with van der Waals surface area (Å²) in [5.74, 6) is -0.675. The summed E-state index contributed by atoms with van der Waals surface area (Å²) >= 11 is 1.54. The zero-order chi connectivity index (χ0) is 21.4. The quantitative estimate of drug-likeness (QED) is 0.667. The number of carbonyl (C=O) groups excluding carboxylic acids is 2. The summed E-state index contributed by atoms with van der Waals surface area (Å²) in [5.41, 5.74) is 0.717. The molecule has 0 aliphatic carbocycles. The molecule has 29 heavy (non-hydrogen) atoms. The second-order valence-corrected chi connectivity index (χ2v) is 7.38. The molecule has 0 bridgehead atoms. The van der Waals surface area contributed by atoms with Crippen molar-refractivity contribution in [3.63, 3.8) is 0 Å². The topological polar surface area (TPSA) is 108 Å². The van der Waals surface area contributed by atoms with E-state index < -0.39 is 11.5 Å². The van der Waals surface area contributed by atoms with Crippen molar-refractivity contribution in [2.24, 2.45) is 0 Å². The Morgan fingerprint density at radius 3 is 2.62 bits per heavy atom. The molecule has 2 rings (SSSR count). The largest absolute Gasteiger partial charge is 0.350 e. The summed E-state index contributed by atoms with van der Waals surface area (Å²) in [6.45, 7) is 5.82. The first kappa shape index (κ1) is 22.3. The van der Waals surface area contributed by atoms with Crippen molar-refractivity contribution in [2.45, 2.75) is 46.7 Å². The molecule has 8 nitrogen and oxygen atoms in total. The lowest BCUT2D eigenvalue weighted by molar-refractivity contribution is -0.136. The van der Waals surface area contributed by atoms with E-state index in [0.717, 1.165) is 9.56 Å². The van der Waals surface area contributed by atoms with Crippen LogP contribution in [0.4, 0.5) is 0 Å². The minimum absolute atomic E-state index is 0.0314. The van der Waals surface area contributed by atoms with E-state index >= 15 is 0 Å². The fourth-order valence-electron chi connectivity index (χ4n) is 2.97. The molecule has 0 unspecified atom stereocenters. The molecule has 0 atom stereocenters. The van der Waals surface area contributed by atoms with Crippen LogP contribution < -0.4 is 10.9 Å². The summed E-state index contributed by atoms with van der Waals surface area (Å²) in [7, 11) is 0. The number of rotatable bonds is 9. The number of aromatic nitrogens is 2. The SMILES string of the molecule is CCc1nn(CC(=O)N(CC)CC(=O)NCc2cccs2)c(=O)c(C#N)c1CC. The van der Waals surface area contributed by atoms with Crippen LogP contribution in [0.15, 0.2) is 22.3 Å². The minimum Gasteiger partial charge on any atom is -0.350 e. The molecule has 154 valence electrons. The van der Waals surface area contributed by atoms with Crippen LogP contribution in [0.1, 0.15) is 42.5 Å². The Morgan fingerprint density at radius 2 is 2.07 bits per heavy atom. The minimum atomic E-state index is -0.576. The number of carbonyl (C=O) groups is 2. The van der Waals surface area contributed by atoms with Crippen LogP contribution in [0.25, 0.3) is 0 Å². The van der Waals surface area contributed by atoms with E-state index in [9.17, 15) is 19.6 Å². The molecule has 2 aromatic rings. The van der Waals surface area contributed by atoms with E-state index in [1.807, 2.05) is 37.4 Å². The molecular formula is C20H25N5O3S. The molecule has 0 radical (unpaired) electrons. The molecule has 2 heterocycles. The molecule has 0 aliphatic rings. The highest BCUT2D eigenvalue weighted by Gasteiger charge is 2.20. The third-order valence-electron chi connectivity index (χ3n) is 4.53. The highest BCUT2D eigenvalue weighted by atomic mass is 32.1. The third kappa shape index (κ3) is 5.51. The molecule has 0 saturated carbocycles. The zero-order valence-electron chi connectivity index (χ0n) is 16.9. The number of hydrogen-bond acceptors (Lipinski definition) is 6. The Morgan fingerprint density at radius 1 is 1.31 bits per heavy atom. The van der Waals surface area contributed by atoms with Gasteiger partial charge in [-0.15, -0.1) is 11.3 Å². The van der Waals surface area contributed by atoms with Crippen LogP contribution in [-0.4, -0.2) is 39.6 Å². The number of nitrogens with one attached hydrogen (secondary N) is 1. The lowest BCUT2D eigenvalue weighted by Gasteiger charge is -2.21. The van der Waals surface area contributed by atoms with E-state index in [4.69, 9.17) is 0 Å². The summed E-state index contributed by atoms with van der Waals surface area (Å²) in [6, 6.07) is 5.77. The second-order valence-electron chi connectivity index (χ2n) is 6.35.